The average molecular weight is 318 g/mol. The summed E-state index contributed by atoms with van der Waals surface area (Å²) in [6.45, 7) is 1.22. The number of ketones is 1. The van der Waals surface area contributed by atoms with Gasteiger partial charge in [-0.05, 0) is 35.4 Å². The lowest BCUT2D eigenvalue weighted by atomic mass is 10.0. The first-order chi connectivity index (χ1) is 10.9. The van der Waals surface area contributed by atoms with E-state index in [1.54, 1.807) is 36.4 Å². The van der Waals surface area contributed by atoms with Crippen molar-refractivity contribution in [2.24, 2.45) is 0 Å². The van der Waals surface area contributed by atoms with Crippen molar-refractivity contribution < 1.29 is 29.3 Å². The fraction of sp³-hybridized carbons (Fsp3) is 0.176. The molecule has 6 nitrogen and oxygen atoms in total. The van der Waals surface area contributed by atoms with Crippen LogP contribution < -0.4 is 9.47 Å². The fourth-order valence-electron chi connectivity index (χ4n) is 1.71. The van der Waals surface area contributed by atoms with Crippen LogP contribution in [0.25, 0.3) is 11.1 Å². The van der Waals surface area contributed by atoms with Gasteiger partial charge in [0.15, 0.2) is 35.1 Å². The molecule has 0 saturated carbocycles. The van der Waals surface area contributed by atoms with Gasteiger partial charge in [-0.2, -0.15) is 0 Å². The summed E-state index contributed by atoms with van der Waals surface area (Å²) in [5, 5.41) is 19.1. The summed E-state index contributed by atoms with van der Waals surface area (Å²) in [5.41, 5.74) is 1.73. The topological polar surface area (TPSA) is 93.1 Å². The SMILES string of the molecule is CC(=O)C=O.COc1cc(-c2ccc(O)c(OC)c2)ccc1O. The smallest absolute Gasteiger partial charge is 0.192 e. The van der Waals surface area contributed by atoms with E-state index >= 15 is 0 Å². The van der Waals surface area contributed by atoms with Gasteiger partial charge in [-0.25, -0.2) is 0 Å². The molecule has 2 rings (SSSR count). The van der Waals surface area contributed by atoms with E-state index < -0.39 is 5.78 Å². The second kappa shape index (κ2) is 8.43. The fourth-order valence-corrected chi connectivity index (χ4v) is 1.71. The number of Topliss-reactive ketones (excluding diaryl/α,β-unsaturated/α-hetero) is 1. The Hall–Kier alpha value is -3.02. The van der Waals surface area contributed by atoms with E-state index in [0.717, 1.165) is 11.1 Å². The third kappa shape index (κ3) is 5.03. The molecule has 0 aliphatic rings. The Balaban J connectivity index is 0.000000463. The number of aldehydes is 1. The molecule has 0 bridgehead atoms. The maximum atomic E-state index is 9.54. The van der Waals surface area contributed by atoms with Gasteiger partial charge in [0.25, 0.3) is 0 Å². The lowest BCUT2D eigenvalue weighted by molar-refractivity contribution is -0.128. The van der Waals surface area contributed by atoms with Gasteiger partial charge in [0.05, 0.1) is 14.2 Å². The number of carbonyl (C=O) groups is 2. The van der Waals surface area contributed by atoms with Crippen LogP contribution >= 0.6 is 0 Å². The standard InChI is InChI=1S/C14H14O4.C3H4O2/c1-17-13-7-9(3-5-11(13)15)10-4-6-12(16)14(8-10)18-2;1-3(5)2-4/h3-8,15-16H,1-2H3;2H,1H3. The van der Waals surface area contributed by atoms with Crippen LogP contribution in [-0.2, 0) is 9.59 Å². The van der Waals surface area contributed by atoms with E-state index in [9.17, 15) is 15.0 Å². The molecule has 122 valence electrons. The second-order valence-corrected chi connectivity index (χ2v) is 4.50. The number of methoxy groups -OCH3 is 2. The molecular formula is C17H18O6. The molecule has 2 N–H and O–H groups in total. The van der Waals surface area contributed by atoms with Crippen molar-refractivity contribution in [3.63, 3.8) is 0 Å². The first kappa shape index (κ1) is 18.0. The lowest BCUT2D eigenvalue weighted by Crippen LogP contribution is -1.87. The van der Waals surface area contributed by atoms with Gasteiger partial charge in [0.2, 0.25) is 0 Å². The molecule has 23 heavy (non-hydrogen) atoms. The Bertz CT molecular complexity index is 642. The van der Waals surface area contributed by atoms with E-state index in [2.05, 4.69) is 0 Å². The highest BCUT2D eigenvalue weighted by atomic mass is 16.5. The Morgan fingerprint density at radius 1 is 0.913 bits per heavy atom. The molecule has 0 radical (unpaired) electrons. The van der Waals surface area contributed by atoms with Crippen LogP contribution in [-0.4, -0.2) is 36.5 Å². The van der Waals surface area contributed by atoms with E-state index in [1.165, 1.54) is 21.1 Å². The van der Waals surface area contributed by atoms with Crippen LogP contribution in [0.5, 0.6) is 23.0 Å². The number of phenolic OH excluding ortho intramolecular Hbond substituents is 2. The number of hydrogen-bond acceptors (Lipinski definition) is 6. The third-order valence-electron chi connectivity index (χ3n) is 2.86. The highest BCUT2D eigenvalue weighted by Crippen LogP contribution is 2.35. The van der Waals surface area contributed by atoms with Crippen molar-refractivity contribution in [2.75, 3.05) is 14.2 Å². The molecule has 0 aromatic heterocycles. The molecule has 0 aliphatic heterocycles. The molecule has 0 spiro atoms. The van der Waals surface area contributed by atoms with Gasteiger partial charge < -0.3 is 19.7 Å². The quantitative estimate of drug-likeness (QED) is 0.665. The van der Waals surface area contributed by atoms with E-state index in [1.807, 2.05) is 0 Å². The number of hydrogen-bond donors (Lipinski definition) is 2. The molecule has 0 saturated heterocycles. The monoisotopic (exact) mass is 318 g/mol. The predicted molar refractivity (Wildman–Crippen MR) is 85.1 cm³/mol. The van der Waals surface area contributed by atoms with Crippen molar-refractivity contribution in [3.05, 3.63) is 36.4 Å². The molecular weight excluding hydrogens is 300 g/mol. The van der Waals surface area contributed by atoms with Crippen LogP contribution in [0.2, 0.25) is 0 Å². The van der Waals surface area contributed by atoms with E-state index in [0.29, 0.717) is 11.5 Å². The number of aromatic hydroxyl groups is 2. The Morgan fingerprint density at radius 3 is 1.52 bits per heavy atom. The van der Waals surface area contributed by atoms with Gasteiger partial charge in [-0.1, -0.05) is 12.1 Å². The molecule has 2 aromatic rings. The number of phenols is 2. The zero-order chi connectivity index (χ0) is 17.4. The van der Waals surface area contributed by atoms with Crippen molar-refractivity contribution in [3.8, 4) is 34.1 Å². The van der Waals surface area contributed by atoms with Crippen molar-refractivity contribution in [1.29, 1.82) is 0 Å². The zero-order valence-electron chi connectivity index (χ0n) is 13.1. The van der Waals surface area contributed by atoms with Crippen molar-refractivity contribution in [2.45, 2.75) is 6.92 Å². The number of benzene rings is 2. The van der Waals surface area contributed by atoms with Crippen molar-refractivity contribution in [1.82, 2.24) is 0 Å². The number of carbonyl (C=O) groups excluding carboxylic acids is 2. The minimum atomic E-state index is -0.426. The highest BCUT2D eigenvalue weighted by Gasteiger charge is 2.07. The molecule has 0 amide bonds. The molecule has 2 aromatic carbocycles. The van der Waals surface area contributed by atoms with Crippen molar-refractivity contribution >= 4 is 12.1 Å². The minimum absolute atomic E-state index is 0.0898. The van der Waals surface area contributed by atoms with Gasteiger partial charge in [0, 0.05) is 6.92 Å². The summed E-state index contributed by atoms with van der Waals surface area (Å²) in [4.78, 5) is 18.6. The molecule has 0 atom stereocenters. The molecule has 6 heteroatoms. The summed E-state index contributed by atoms with van der Waals surface area (Å²) >= 11 is 0. The first-order valence-corrected chi connectivity index (χ1v) is 6.63. The molecule has 0 heterocycles. The van der Waals surface area contributed by atoms with Gasteiger partial charge in [0.1, 0.15) is 0 Å². The maximum Gasteiger partial charge on any atom is 0.192 e. The third-order valence-corrected chi connectivity index (χ3v) is 2.86. The van der Waals surface area contributed by atoms with Gasteiger partial charge in [-0.3, -0.25) is 9.59 Å². The largest absolute Gasteiger partial charge is 0.504 e. The summed E-state index contributed by atoms with van der Waals surface area (Å²) < 4.78 is 10.1. The maximum absolute atomic E-state index is 9.54. The molecule has 0 fully saturated rings. The predicted octanol–water partition coefficient (Wildman–Crippen LogP) is 2.56. The van der Waals surface area contributed by atoms with Crippen LogP contribution in [0.3, 0.4) is 0 Å². The Labute approximate surface area is 133 Å². The summed E-state index contributed by atoms with van der Waals surface area (Å²) in [6, 6.07) is 10.1. The van der Waals surface area contributed by atoms with Crippen LogP contribution in [0.4, 0.5) is 0 Å². The average Bonchev–Trinajstić information content (AvgIpc) is 2.56. The van der Waals surface area contributed by atoms with E-state index in [-0.39, 0.29) is 17.8 Å². The van der Waals surface area contributed by atoms with Gasteiger partial charge >= 0.3 is 0 Å². The second-order valence-electron chi connectivity index (χ2n) is 4.50. The number of rotatable bonds is 4. The summed E-state index contributed by atoms with van der Waals surface area (Å²) in [5.74, 6) is 0.558. The zero-order valence-corrected chi connectivity index (χ0v) is 13.1. The van der Waals surface area contributed by atoms with Crippen LogP contribution in [0, 0.1) is 0 Å². The number of ether oxygens (including phenoxy) is 2. The van der Waals surface area contributed by atoms with Crippen LogP contribution in [0.15, 0.2) is 36.4 Å². The normalized spacial score (nSPS) is 9.35. The van der Waals surface area contributed by atoms with Crippen LogP contribution in [0.1, 0.15) is 6.92 Å². The first-order valence-electron chi connectivity index (χ1n) is 6.63. The summed E-state index contributed by atoms with van der Waals surface area (Å²) in [6.07, 6.45) is 0.278. The molecule has 0 aliphatic carbocycles. The lowest BCUT2D eigenvalue weighted by Gasteiger charge is -2.09. The minimum Gasteiger partial charge on any atom is -0.504 e. The Kier molecular flexibility index (Phi) is 6.61. The van der Waals surface area contributed by atoms with E-state index in [4.69, 9.17) is 14.3 Å². The Morgan fingerprint density at radius 2 is 1.26 bits per heavy atom. The molecule has 0 unspecified atom stereocenters. The highest BCUT2D eigenvalue weighted by molar-refractivity contribution is 6.23. The van der Waals surface area contributed by atoms with Gasteiger partial charge in [-0.15, -0.1) is 0 Å². The summed E-state index contributed by atoms with van der Waals surface area (Å²) in [7, 11) is 2.99.